The summed E-state index contributed by atoms with van der Waals surface area (Å²) in [6, 6.07) is 4.93. The highest BCUT2D eigenvalue weighted by molar-refractivity contribution is 6.30. The van der Waals surface area contributed by atoms with Crippen LogP contribution < -0.4 is 10.5 Å². The highest BCUT2D eigenvalue weighted by Crippen LogP contribution is 2.23. The Kier molecular flexibility index (Phi) is 3.47. The van der Waals surface area contributed by atoms with Crippen LogP contribution in [0.25, 0.3) is 0 Å². The zero-order valence-electron chi connectivity index (χ0n) is 9.72. The first-order valence-electron chi connectivity index (χ1n) is 5.17. The molecule has 0 saturated carbocycles. The minimum absolute atomic E-state index is 0.0698. The van der Waals surface area contributed by atoms with Crippen molar-refractivity contribution in [3.8, 4) is 5.75 Å². The quantitative estimate of drug-likeness (QED) is 0.645. The first-order valence-corrected chi connectivity index (χ1v) is 5.55. The molecule has 2 rings (SSSR count). The fourth-order valence-corrected chi connectivity index (χ4v) is 1.59. The fourth-order valence-electron chi connectivity index (χ4n) is 1.43. The summed E-state index contributed by atoms with van der Waals surface area (Å²) in [6.07, 6.45) is 1.45. The Hall–Kier alpha value is -2.08. The monoisotopic (exact) mass is 265 g/mol. The lowest BCUT2D eigenvalue weighted by atomic mass is 10.2. The molecule has 0 amide bonds. The van der Waals surface area contributed by atoms with Crippen LogP contribution in [-0.2, 0) is 13.7 Å². The van der Waals surface area contributed by atoms with E-state index < -0.39 is 0 Å². The molecule has 94 valence electrons. The van der Waals surface area contributed by atoms with Crippen molar-refractivity contribution in [2.24, 2.45) is 12.8 Å². The van der Waals surface area contributed by atoms with Crippen molar-refractivity contribution in [2.75, 3.05) is 0 Å². The van der Waals surface area contributed by atoms with Gasteiger partial charge in [0.05, 0.1) is 5.56 Å². The summed E-state index contributed by atoms with van der Waals surface area (Å²) in [5.74, 6) is 1.06. The van der Waals surface area contributed by atoms with E-state index >= 15 is 0 Å². The number of hydrogen-bond acceptors (Lipinski definition) is 4. The average molecular weight is 266 g/mol. The normalized spacial score (nSPS) is 10.3. The molecule has 3 N–H and O–H groups in total. The molecule has 0 unspecified atom stereocenters. The lowest BCUT2D eigenvalue weighted by molar-refractivity contribution is 0.289. The Labute approximate surface area is 109 Å². The van der Waals surface area contributed by atoms with Gasteiger partial charge in [0, 0.05) is 12.1 Å². The molecular weight excluding hydrogens is 254 g/mol. The molecule has 6 nitrogen and oxygen atoms in total. The van der Waals surface area contributed by atoms with E-state index in [4.69, 9.17) is 27.5 Å². The third-order valence-corrected chi connectivity index (χ3v) is 2.63. The number of nitrogens with zero attached hydrogens (tertiary/aromatic N) is 3. The maximum atomic E-state index is 7.46. The van der Waals surface area contributed by atoms with E-state index in [1.165, 1.54) is 6.33 Å². The van der Waals surface area contributed by atoms with Gasteiger partial charge in [-0.15, -0.1) is 0 Å². The predicted octanol–water partition coefficient (Wildman–Crippen LogP) is 1.33. The number of hydrogen-bond donors (Lipinski definition) is 2. The third kappa shape index (κ3) is 2.60. The largest absolute Gasteiger partial charge is 0.485 e. The van der Waals surface area contributed by atoms with Gasteiger partial charge in [0.1, 0.15) is 24.5 Å². The molecular formula is C11H12ClN5O. The summed E-state index contributed by atoms with van der Waals surface area (Å²) >= 11 is 5.89. The minimum Gasteiger partial charge on any atom is -0.485 e. The van der Waals surface area contributed by atoms with Gasteiger partial charge in [0.25, 0.3) is 0 Å². The topological polar surface area (TPSA) is 89.8 Å². The number of nitrogen functional groups attached to an aromatic ring is 1. The molecule has 0 atom stereocenters. The molecule has 0 bridgehead atoms. The second-order valence-corrected chi connectivity index (χ2v) is 4.08. The van der Waals surface area contributed by atoms with Gasteiger partial charge in [-0.1, -0.05) is 11.6 Å². The van der Waals surface area contributed by atoms with E-state index in [0.717, 1.165) is 0 Å². The van der Waals surface area contributed by atoms with Gasteiger partial charge in [-0.05, 0) is 18.2 Å². The molecule has 0 saturated heterocycles. The molecule has 0 aliphatic carbocycles. The van der Waals surface area contributed by atoms with E-state index in [-0.39, 0.29) is 12.4 Å². The van der Waals surface area contributed by atoms with E-state index in [1.54, 1.807) is 29.9 Å². The van der Waals surface area contributed by atoms with Crippen LogP contribution in [0.15, 0.2) is 24.5 Å². The molecule has 0 aliphatic rings. The van der Waals surface area contributed by atoms with Crippen LogP contribution in [0.1, 0.15) is 11.4 Å². The Morgan fingerprint density at radius 2 is 2.33 bits per heavy atom. The number of aromatic nitrogens is 3. The van der Waals surface area contributed by atoms with Crippen LogP contribution in [0.2, 0.25) is 5.02 Å². The average Bonchev–Trinajstić information content (AvgIpc) is 2.72. The second kappa shape index (κ2) is 5.05. The van der Waals surface area contributed by atoms with E-state index in [0.29, 0.717) is 22.2 Å². The van der Waals surface area contributed by atoms with Crippen LogP contribution in [0.3, 0.4) is 0 Å². The molecule has 2 aromatic rings. The van der Waals surface area contributed by atoms with Gasteiger partial charge in [-0.3, -0.25) is 10.1 Å². The van der Waals surface area contributed by atoms with Crippen LogP contribution >= 0.6 is 11.6 Å². The van der Waals surface area contributed by atoms with Crippen molar-refractivity contribution in [3.05, 3.63) is 40.9 Å². The van der Waals surface area contributed by atoms with Gasteiger partial charge in [0.2, 0.25) is 0 Å². The zero-order chi connectivity index (χ0) is 13.1. The number of benzene rings is 1. The maximum Gasteiger partial charge on any atom is 0.164 e. The molecule has 1 aromatic carbocycles. The summed E-state index contributed by atoms with van der Waals surface area (Å²) < 4.78 is 7.18. The van der Waals surface area contributed by atoms with Gasteiger partial charge >= 0.3 is 0 Å². The van der Waals surface area contributed by atoms with Crippen molar-refractivity contribution < 1.29 is 4.74 Å². The molecule has 0 aliphatic heterocycles. The highest BCUT2D eigenvalue weighted by Gasteiger charge is 2.09. The van der Waals surface area contributed by atoms with Crippen LogP contribution in [0, 0.1) is 5.41 Å². The first-order chi connectivity index (χ1) is 8.58. The Morgan fingerprint density at radius 1 is 1.56 bits per heavy atom. The van der Waals surface area contributed by atoms with Gasteiger partial charge < -0.3 is 10.5 Å². The molecule has 0 fully saturated rings. The van der Waals surface area contributed by atoms with Crippen molar-refractivity contribution in [3.63, 3.8) is 0 Å². The van der Waals surface area contributed by atoms with Crippen molar-refractivity contribution in [1.29, 1.82) is 5.41 Å². The second-order valence-electron chi connectivity index (χ2n) is 3.64. The summed E-state index contributed by atoms with van der Waals surface area (Å²) in [4.78, 5) is 4.04. The fraction of sp³-hybridized carbons (Fsp3) is 0.182. The molecule has 1 aromatic heterocycles. The Bertz CT molecular complexity index is 581. The summed E-state index contributed by atoms with van der Waals surface area (Å²) in [7, 11) is 1.77. The molecule has 1 heterocycles. The number of aryl methyl sites for hydroxylation is 1. The lowest BCUT2D eigenvalue weighted by Crippen LogP contribution is -2.13. The smallest absolute Gasteiger partial charge is 0.164 e. The van der Waals surface area contributed by atoms with Crippen LogP contribution in [-0.4, -0.2) is 20.6 Å². The Balaban J connectivity index is 2.20. The van der Waals surface area contributed by atoms with Crippen LogP contribution in [0.5, 0.6) is 5.75 Å². The minimum atomic E-state index is -0.0698. The number of nitrogens with two attached hydrogens (primary N) is 1. The van der Waals surface area contributed by atoms with Crippen molar-refractivity contribution >= 4 is 17.4 Å². The van der Waals surface area contributed by atoms with E-state index in [1.807, 2.05) is 0 Å². The third-order valence-electron chi connectivity index (χ3n) is 2.40. The van der Waals surface area contributed by atoms with Crippen LogP contribution in [0.4, 0.5) is 0 Å². The summed E-state index contributed by atoms with van der Waals surface area (Å²) in [6.45, 7) is 0.233. The number of amidine groups is 1. The zero-order valence-corrected chi connectivity index (χ0v) is 10.5. The summed E-state index contributed by atoms with van der Waals surface area (Å²) in [5, 5.41) is 11.9. The molecule has 0 spiro atoms. The predicted molar refractivity (Wildman–Crippen MR) is 67.8 cm³/mol. The summed E-state index contributed by atoms with van der Waals surface area (Å²) in [5.41, 5.74) is 5.97. The van der Waals surface area contributed by atoms with Gasteiger partial charge in [-0.25, -0.2) is 4.98 Å². The van der Waals surface area contributed by atoms with Crippen molar-refractivity contribution in [2.45, 2.75) is 6.61 Å². The van der Waals surface area contributed by atoms with Gasteiger partial charge in [-0.2, -0.15) is 5.10 Å². The SMILES string of the molecule is Cn1ncnc1COc1cc(Cl)ccc1C(=N)N. The number of nitrogens with one attached hydrogen (secondary N) is 1. The van der Waals surface area contributed by atoms with Gasteiger partial charge in [0.15, 0.2) is 5.82 Å². The van der Waals surface area contributed by atoms with E-state index in [9.17, 15) is 0 Å². The molecule has 18 heavy (non-hydrogen) atoms. The lowest BCUT2D eigenvalue weighted by Gasteiger charge is -2.10. The highest BCUT2D eigenvalue weighted by atomic mass is 35.5. The van der Waals surface area contributed by atoms with Crippen molar-refractivity contribution in [1.82, 2.24) is 14.8 Å². The maximum absolute atomic E-state index is 7.46. The molecule has 7 heteroatoms. The number of ether oxygens (including phenoxy) is 1. The van der Waals surface area contributed by atoms with E-state index in [2.05, 4.69) is 10.1 Å². The number of halogens is 1. The standard InChI is InChI=1S/C11H12ClN5O/c1-17-10(15-6-16-17)5-18-9-4-7(12)2-3-8(9)11(13)14/h2-4,6H,5H2,1H3,(H3,13,14). The molecule has 0 radical (unpaired) electrons. The number of rotatable bonds is 4. The first kappa shape index (κ1) is 12.4. The Morgan fingerprint density at radius 3 is 2.94 bits per heavy atom.